The van der Waals surface area contributed by atoms with E-state index in [9.17, 15) is 14.4 Å². The van der Waals surface area contributed by atoms with Gasteiger partial charge in [-0.3, -0.25) is 14.4 Å². The summed E-state index contributed by atoms with van der Waals surface area (Å²) in [4.78, 5) is 38.2. The molecule has 0 N–H and O–H groups in total. The first-order chi connectivity index (χ1) is 35.0. The summed E-state index contributed by atoms with van der Waals surface area (Å²) in [5, 5.41) is 0. The van der Waals surface area contributed by atoms with Crippen LogP contribution in [0.5, 0.6) is 0 Å². The molecule has 6 heteroatoms. The SMILES string of the molecule is CCC/C=C\C/C=C\CCCCCCCC(=O)OCC(COC(=O)CCCCCCCCCCCCCCC/C=C\CCCCCCCCCC)OC(=O)CCCCCCCCCCCCCCCCC. The van der Waals surface area contributed by atoms with Crippen molar-refractivity contribution in [2.75, 3.05) is 13.2 Å². The normalized spacial score (nSPS) is 12.2. The van der Waals surface area contributed by atoms with Gasteiger partial charge in [0.25, 0.3) is 0 Å². The van der Waals surface area contributed by atoms with Crippen molar-refractivity contribution in [2.24, 2.45) is 0 Å². The van der Waals surface area contributed by atoms with Crippen LogP contribution >= 0.6 is 0 Å². The van der Waals surface area contributed by atoms with Crippen LogP contribution < -0.4 is 0 Å². The largest absolute Gasteiger partial charge is 0.462 e. The topological polar surface area (TPSA) is 78.9 Å². The molecule has 0 fully saturated rings. The van der Waals surface area contributed by atoms with E-state index in [2.05, 4.69) is 57.2 Å². The first kappa shape index (κ1) is 68.6. The van der Waals surface area contributed by atoms with Gasteiger partial charge in [0.1, 0.15) is 13.2 Å². The lowest BCUT2D eigenvalue weighted by Gasteiger charge is -2.18. The minimum Gasteiger partial charge on any atom is -0.462 e. The molecule has 1 atom stereocenters. The Labute approximate surface area is 442 Å². The average molecular weight is 998 g/mol. The minimum absolute atomic E-state index is 0.0725. The van der Waals surface area contributed by atoms with Crippen LogP contribution in [0.4, 0.5) is 0 Å². The maximum absolute atomic E-state index is 12.9. The minimum atomic E-state index is -0.775. The van der Waals surface area contributed by atoms with Gasteiger partial charge in [0, 0.05) is 19.3 Å². The molecule has 0 aromatic carbocycles. The highest BCUT2D eigenvalue weighted by atomic mass is 16.6. The number of esters is 3. The van der Waals surface area contributed by atoms with Crippen LogP contribution in [0, 0.1) is 0 Å². The standard InChI is InChI=1S/C65H120O6/c1-4-7-10-13-16-19-22-25-27-28-29-30-31-32-33-34-35-36-38-40-43-46-49-52-55-58-64(67)70-61-62(60-69-63(66)57-54-51-48-45-42-39-24-21-18-15-12-9-6-3)71-65(68)59-56-53-50-47-44-41-37-26-23-20-17-14-11-8-5-2/h12,15,21,24,28-29,62H,4-11,13-14,16-20,22-23,25-27,30-61H2,1-3H3/b15-12-,24-21-,29-28-. The summed E-state index contributed by atoms with van der Waals surface area (Å²) < 4.78 is 16.9. The zero-order valence-corrected chi connectivity index (χ0v) is 47.8. The van der Waals surface area contributed by atoms with Gasteiger partial charge in [0.05, 0.1) is 0 Å². The van der Waals surface area contributed by atoms with Gasteiger partial charge in [-0.15, -0.1) is 0 Å². The Balaban J connectivity index is 4.23. The zero-order chi connectivity index (χ0) is 51.4. The van der Waals surface area contributed by atoms with Crippen LogP contribution in [0.15, 0.2) is 36.5 Å². The van der Waals surface area contributed by atoms with Crippen molar-refractivity contribution in [1.82, 2.24) is 0 Å². The Morgan fingerprint density at radius 2 is 0.535 bits per heavy atom. The highest BCUT2D eigenvalue weighted by Gasteiger charge is 2.19. The van der Waals surface area contributed by atoms with Gasteiger partial charge in [-0.25, -0.2) is 0 Å². The van der Waals surface area contributed by atoms with Crippen LogP contribution in [0.1, 0.15) is 342 Å². The Morgan fingerprint density at radius 3 is 0.845 bits per heavy atom. The number of ether oxygens (including phenoxy) is 3. The van der Waals surface area contributed by atoms with E-state index in [0.29, 0.717) is 19.3 Å². The lowest BCUT2D eigenvalue weighted by molar-refractivity contribution is -0.167. The maximum Gasteiger partial charge on any atom is 0.306 e. The van der Waals surface area contributed by atoms with E-state index in [1.54, 1.807) is 0 Å². The molecule has 0 saturated carbocycles. The number of rotatable bonds is 58. The Kier molecular flexibility index (Phi) is 58.2. The van der Waals surface area contributed by atoms with Crippen LogP contribution in [0.2, 0.25) is 0 Å². The Bertz CT molecular complexity index is 1190. The third kappa shape index (κ3) is 58.4. The number of unbranched alkanes of at least 4 members (excludes halogenated alkanes) is 41. The number of hydrogen-bond acceptors (Lipinski definition) is 6. The fourth-order valence-corrected chi connectivity index (χ4v) is 9.36. The van der Waals surface area contributed by atoms with Gasteiger partial charge in [-0.1, -0.05) is 288 Å². The second-order valence-corrected chi connectivity index (χ2v) is 21.3. The van der Waals surface area contributed by atoms with E-state index in [1.165, 1.54) is 218 Å². The Hall–Kier alpha value is -2.37. The van der Waals surface area contributed by atoms with Gasteiger partial charge in [-0.2, -0.15) is 0 Å². The summed E-state index contributed by atoms with van der Waals surface area (Å²) >= 11 is 0. The predicted octanol–water partition coefficient (Wildman–Crippen LogP) is 21.2. The molecule has 0 aliphatic heterocycles. The lowest BCUT2D eigenvalue weighted by atomic mass is 10.0. The zero-order valence-electron chi connectivity index (χ0n) is 47.8. The van der Waals surface area contributed by atoms with Gasteiger partial charge in [0.2, 0.25) is 0 Å². The molecule has 6 nitrogen and oxygen atoms in total. The third-order valence-corrected chi connectivity index (χ3v) is 14.1. The monoisotopic (exact) mass is 997 g/mol. The molecule has 0 bridgehead atoms. The van der Waals surface area contributed by atoms with E-state index in [0.717, 1.165) is 83.5 Å². The summed E-state index contributed by atoms with van der Waals surface area (Å²) in [6.07, 6.45) is 73.0. The average Bonchev–Trinajstić information content (AvgIpc) is 3.37. The first-order valence-electron chi connectivity index (χ1n) is 31.5. The maximum atomic E-state index is 12.9. The lowest BCUT2D eigenvalue weighted by Crippen LogP contribution is -2.30. The van der Waals surface area contributed by atoms with E-state index in [1.807, 2.05) is 0 Å². The summed E-state index contributed by atoms with van der Waals surface area (Å²) in [6, 6.07) is 0. The first-order valence-corrected chi connectivity index (χ1v) is 31.5. The summed E-state index contributed by atoms with van der Waals surface area (Å²) in [5.74, 6) is -0.866. The van der Waals surface area contributed by atoms with Crippen LogP contribution in [-0.2, 0) is 28.6 Å². The molecular weight excluding hydrogens is 877 g/mol. The number of carbonyl (C=O) groups excluding carboxylic acids is 3. The number of hydrogen-bond donors (Lipinski definition) is 0. The van der Waals surface area contributed by atoms with Gasteiger partial charge in [0.15, 0.2) is 6.10 Å². The quantitative estimate of drug-likeness (QED) is 0.0261. The molecular formula is C65H120O6. The molecule has 71 heavy (non-hydrogen) atoms. The molecule has 0 amide bonds. The van der Waals surface area contributed by atoms with Crippen LogP contribution in [0.25, 0.3) is 0 Å². The number of allylic oxidation sites excluding steroid dienone is 6. The molecule has 0 spiro atoms. The van der Waals surface area contributed by atoms with Crippen LogP contribution in [-0.4, -0.2) is 37.2 Å². The summed E-state index contributed by atoms with van der Waals surface area (Å²) in [6.45, 7) is 6.62. The van der Waals surface area contributed by atoms with Crippen molar-refractivity contribution in [3.05, 3.63) is 36.5 Å². The molecule has 416 valence electrons. The van der Waals surface area contributed by atoms with Gasteiger partial charge >= 0.3 is 17.9 Å². The van der Waals surface area contributed by atoms with E-state index in [4.69, 9.17) is 14.2 Å². The molecule has 0 aromatic rings. The second kappa shape index (κ2) is 60.2. The highest BCUT2D eigenvalue weighted by molar-refractivity contribution is 5.71. The second-order valence-electron chi connectivity index (χ2n) is 21.3. The molecule has 0 radical (unpaired) electrons. The van der Waals surface area contributed by atoms with Gasteiger partial charge < -0.3 is 14.2 Å². The van der Waals surface area contributed by atoms with Crippen molar-refractivity contribution < 1.29 is 28.6 Å². The predicted molar refractivity (Wildman–Crippen MR) is 307 cm³/mol. The smallest absolute Gasteiger partial charge is 0.306 e. The number of carbonyl (C=O) groups is 3. The fraction of sp³-hybridized carbons (Fsp3) is 0.862. The molecule has 1 unspecified atom stereocenters. The van der Waals surface area contributed by atoms with Crippen molar-refractivity contribution in [1.29, 1.82) is 0 Å². The molecule has 0 aliphatic carbocycles. The van der Waals surface area contributed by atoms with Crippen molar-refractivity contribution in [2.45, 2.75) is 348 Å². The van der Waals surface area contributed by atoms with E-state index in [-0.39, 0.29) is 31.1 Å². The fourth-order valence-electron chi connectivity index (χ4n) is 9.36. The summed E-state index contributed by atoms with van der Waals surface area (Å²) in [7, 11) is 0. The molecule has 0 aliphatic rings. The molecule has 0 rings (SSSR count). The van der Waals surface area contributed by atoms with Crippen molar-refractivity contribution >= 4 is 17.9 Å². The molecule has 0 aromatic heterocycles. The molecule has 0 saturated heterocycles. The van der Waals surface area contributed by atoms with Gasteiger partial charge in [-0.05, 0) is 70.6 Å². The van der Waals surface area contributed by atoms with E-state index < -0.39 is 6.10 Å². The third-order valence-electron chi connectivity index (χ3n) is 14.1. The van der Waals surface area contributed by atoms with Crippen LogP contribution in [0.3, 0.4) is 0 Å². The Morgan fingerprint density at radius 1 is 0.282 bits per heavy atom. The summed E-state index contributed by atoms with van der Waals surface area (Å²) in [5.41, 5.74) is 0. The highest BCUT2D eigenvalue weighted by Crippen LogP contribution is 2.17. The van der Waals surface area contributed by atoms with Crippen molar-refractivity contribution in [3.8, 4) is 0 Å². The van der Waals surface area contributed by atoms with E-state index >= 15 is 0 Å². The molecule has 0 heterocycles. The van der Waals surface area contributed by atoms with Crippen molar-refractivity contribution in [3.63, 3.8) is 0 Å².